The average Bonchev–Trinajstić information content (AvgIpc) is 2.54. The lowest BCUT2D eigenvalue weighted by Gasteiger charge is -2.15. The van der Waals surface area contributed by atoms with Gasteiger partial charge in [0.2, 0.25) is 0 Å². The Morgan fingerprint density at radius 3 is 1.86 bits per heavy atom. The summed E-state index contributed by atoms with van der Waals surface area (Å²) in [4.78, 5) is 40.8. The summed E-state index contributed by atoms with van der Waals surface area (Å²) < 4.78 is 15.3. The Hall–Kier alpha value is -2.41. The normalized spacial score (nSPS) is 11.5. The fourth-order valence-corrected chi connectivity index (χ4v) is 2.29. The van der Waals surface area contributed by atoms with Crippen molar-refractivity contribution in [3.8, 4) is 0 Å². The van der Waals surface area contributed by atoms with Crippen LogP contribution in [0.4, 0.5) is 5.69 Å². The molecule has 7 nitrogen and oxygen atoms in total. The number of esters is 3. The molecule has 0 aromatic heterocycles. The Balaban J connectivity index is 3.16. The smallest absolute Gasteiger partial charge is 0.339 e. The zero-order valence-electron chi connectivity index (χ0n) is 16.9. The first-order valence-electron chi connectivity index (χ1n) is 8.97. The van der Waals surface area contributed by atoms with E-state index in [0.29, 0.717) is 0 Å². The maximum atomic E-state index is 12.3. The molecule has 0 saturated heterocycles. The van der Waals surface area contributed by atoms with Crippen LogP contribution in [-0.4, -0.2) is 42.4 Å². The summed E-state index contributed by atoms with van der Waals surface area (Å²) in [6.45, 7) is 10.1. The third-order valence-electron chi connectivity index (χ3n) is 3.12. The molecule has 0 fully saturated rings. The van der Waals surface area contributed by atoms with Crippen molar-refractivity contribution in [2.75, 3.05) is 0 Å². The highest BCUT2D eigenvalue weighted by Crippen LogP contribution is 2.29. The van der Waals surface area contributed by atoms with E-state index in [1.54, 1.807) is 53.7 Å². The highest BCUT2D eigenvalue weighted by Gasteiger charge is 2.30. The summed E-state index contributed by atoms with van der Waals surface area (Å²) in [5.41, 5.74) is 0.343. The maximum absolute atomic E-state index is 12.3. The lowest BCUT2D eigenvalue weighted by Crippen LogP contribution is -2.32. The number of carbonyl (C=O) groups excluding carboxylic acids is 3. The fourth-order valence-electron chi connectivity index (χ4n) is 2.04. The van der Waals surface area contributed by atoms with Crippen molar-refractivity contribution in [3.05, 3.63) is 28.8 Å². The molecule has 8 heteroatoms. The number of aliphatic imine (C=N–C) groups is 1. The lowest BCUT2D eigenvalue weighted by molar-refractivity contribution is -0.162. The standard InChI is InChI=1S/C20H26ClNO6/c1-11(2)26-18(23)14-8-7-9-16(17(14)21)22-10-15(19(24)27-12(3)4)20(25)28-13(5)6/h7-13,15H,1-6H3. The molecule has 28 heavy (non-hydrogen) atoms. The predicted octanol–water partition coefficient (Wildman–Crippen LogP) is 4.13. The summed E-state index contributed by atoms with van der Waals surface area (Å²) in [6.07, 6.45) is -0.0218. The van der Waals surface area contributed by atoms with E-state index in [1.807, 2.05) is 0 Å². The van der Waals surface area contributed by atoms with Crippen molar-refractivity contribution in [1.29, 1.82) is 0 Å². The molecule has 0 saturated carbocycles. The van der Waals surface area contributed by atoms with Crippen LogP contribution in [0.15, 0.2) is 23.2 Å². The van der Waals surface area contributed by atoms with Gasteiger partial charge in [0.1, 0.15) is 0 Å². The first-order chi connectivity index (χ1) is 13.0. The molecule has 1 rings (SSSR count). The van der Waals surface area contributed by atoms with Crippen molar-refractivity contribution >= 4 is 41.4 Å². The zero-order chi connectivity index (χ0) is 21.4. The number of halogens is 1. The van der Waals surface area contributed by atoms with E-state index >= 15 is 0 Å². The molecule has 0 amide bonds. The molecule has 154 valence electrons. The van der Waals surface area contributed by atoms with Gasteiger partial charge >= 0.3 is 17.9 Å². The summed E-state index contributed by atoms with van der Waals surface area (Å²) in [5, 5.41) is 0.0533. The van der Waals surface area contributed by atoms with Crippen molar-refractivity contribution in [2.24, 2.45) is 10.9 Å². The van der Waals surface area contributed by atoms with Crippen LogP contribution in [0.25, 0.3) is 0 Å². The summed E-state index contributed by atoms with van der Waals surface area (Å²) in [7, 11) is 0. The predicted molar refractivity (Wildman–Crippen MR) is 106 cm³/mol. The topological polar surface area (TPSA) is 91.3 Å². The summed E-state index contributed by atoms with van der Waals surface area (Å²) >= 11 is 6.25. The number of nitrogens with zero attached hydrogens (tertiary/aromatic N) is 1. The van der Waals surface area contributed by atoms with Gasteiger partial charge in [0.05, 0.1) is 34.6 Å². The number of carbonyl (C=O) groups is 3. The molecular weight excluding hydrogens is 386 g/mol. The molecule has 0 spiro atoms. The molecule has 0 radical (unpaired) electrons. The van der Waals surface area contributed by atoms with Crippen LogP contribution in [0, 0.1) is 5.92 Å². The van der Waals surface area contributed by atoms with Gasteiger partial charge in [-0.2, -0.15) is 0 Å². The van der Waals surface area contributed by atoms with Crippen LogP contribution in [0.1, 0.15) is 51.9 Å². The van der Waals surface area contributed by atoms with Crippen LogP contribution >= 0.6 is 11.6 Å². The van der Waals surface area contributed by atoms with E-state index in [9.17, 15) is 14.4 Å². The average molecular weight is 412 g/mol. The monoisotopic (exact) mass is 411 g/mol. The molecule has 0 heterocycles. The minimum absolute atomic E-state index is 0.0533. The molecule has 0 aliphatic heterocycles. The second kappa shape index (κ2) is 10.8. The van der Waals surface area contributed by atoms with Gasteiger partial charge in [-0.25, -0.2) is 4.79 Å². The summed E-state index contributed by atoms with van der Waals surface area (Å²) in [6, 6.07) is 4.62. The highest BCUT2D eigenvalue weighted by molar-refractivity contribution is 6.36. The molecule has 0 aliphatic rings. The molecule has 0 atom stereocenters. The number of benzene rings is 1. The first-order valence-corrected chi connectivity index (χ1v) is 9.35. The van der Waals surface area contributed by atoms with E-state index in [0.717, 1.165) is 6.21 Å². The van der Waals surface area contributed by atoms with Crippen LogP contribution in [0.2, 0.25) is 5.02 Å². The van der Waals surface area contributed by atoms with Gasteiger partial charge in [-0.15, -0.1) is 0 Å². The third kappa shape index (κ3) is 7.31. The Morgan fingerprint density at radius 2 is 1.39 bits per heavy atom. The number of hydrogen-bond donors (Lipinski definition) is 0. The van der Waals surface area contributed by atoms with Gasteiger partial charge in [-0.3, -0.25) is 14.6 Å². The van der Waals surface area contributed by atoms with Gasteiger partial charge < -0.3 is 14.2 Å². The van der Waals surface area contributed by atoms with E-state index < -0.39 is 36.0 Å². The van der Waals surface area contributed by atoms with Gasteiger partial charge in [0.25, 0.3) is 0 Å². The van der Waals surface area contributed by atoms with Crippen LogP contribution in [0.3, 0.4) is 0 Å². The third-order valence-corrected chi connectivity index (χ3v) is 3.51. The molecule has 0 unspecified atom stereocenters. The molecule has 1 aromatic carbocycles. The van der Waals surface area contributed by atoms with Crippen LogP contribution in [0.5, 0.6) is 0 Å². The minimum atomic E-state index is -1.35. The fraction of sp³-hybridized carbons (Fsp3) is 0.500. The maximum Gasteiger partial charge on any atom is 0.339 e. The second-order valence-electron chi connectivity index (χ2n) is 6.82. The van der Waals surface area contributed by atoms with Crippen molar-refractivity contribution < 1.29 is 28.6 Å². The van der Waals surface area contributed by atoms with Crippen molar-refractivity contribution in [1.82, 2.24) is 0 Å². The molecular formula is C20H26ClNO6. The van der Waals surface area contributed by atoms with E-state index in [4.69, 9.17) is 25.8 Å². The Kier molecular flexibility index (Phi) is 9.12. The molecule has 0 aliphatic carbocycles. The molecule has 1 aromatic rings. The van der Waals surface area contributed by atoms with Gasteiger partial charge in [0, 0.05) is 6.21 Å². The SMILES string of the molecule is CC(C)OC(=O)c1cccc(N=CC(C(=O)OC(C)C)C(=O)OC(C)C)c1Cl. The van der Waals surface area contributed by atoms with E-state index in [1.165, 1.54) is 6.07 Å². The quantitative estimate of drug-likeness (QED) is 0.276. The Labute approximate surface area is 170 Å². The van der Waals surface area contributed by atoms with Gasteiger partial charge in [-0.1, -0.05) is 17.7 Å². The van der Waals surface area contributed by atoms with E-state index in [2.05, 4.69) is 4.99 Å². The minimum Gasteiger partial charge on any atom is -0.462 e. The largest absolute Gasteiger partial charge is 0.462 e. The number of ether oxygens (including phenoxy) is 3. The van der Waals surface area contributed by atoms with Gasteiger partial charge in [-0.05, 0) is 53.7 Å². The van der Waals surface area contributed by atoms with Crippen LogP contribution < -0.4 is 0 Å². The Morgan fingerprint density at radius 1 is 0.893 bits per heavy atom. The lowest BCUT2D eigenvalue weighted by atomic mass is 10.1. The Bertz CT molecular complexity index is 720. The van der Waals surface area contributed by atoms with Crippen molar-refractivity contribution in [3.63, 3.8) is 0 Å². The molecule has 0 bridgehead atoms. The zero-order valence-corrected chi connectivity index (χ0v) is 17.6. The number of rotatable bonds is 8. The second-order valence-corrected chi connectivity index (χ2v) is 7.20. The van der Waals surface area contributed by atoms with Gasteiger partial charge in [0.15, 0.2) is 5.92 Å². The molecule has 0 N–H and O–H groups in total. The van der Waals surface area contributed by atoms with Crippen molar-refractivity contribution in [2.45, 2.75) is 59.9 Å². The number of hydrogen-bond acceptors (Lipinski definition) is 7. The van der Waals surface area contributed by atoms with Crippen LogP contribution in [-0.2, 0) is 23.8 Å². The van der Waals surface area contributed by atoms with E-state index in [-0.39, 0.29) is 22.4 Å². The highest BCUT2D eigenvalue weighted by atomic mass is 35.5. The summed E-state index contributed by atoms with van der Waals surface area (Å²) in [5.74, 6) is -3.51. The first kappa shape index (κ1) is 23.6.